The van der Waals surface area contributed by atoms with Gasteiger partial charge in [0.05, 0.1) is 7.05 Å². The zero-order chi connectivity index (χ0) is 12.3. The van der Waals surface area contributed by atoms with E-state index in [4.69, 9.17) is 4.52 Å². The second-order valence-electron chi connectivity index (χ2n) is 3.82. The fourth-order valence-corrected chi connectivity index (χ4v) is 2.41. The van der Waals surface area contributed by atoms with Crippen LogP contribution in [0.1, 0.15) is 13.2 Å². The number of imidazole rings is 1. The minimum Gasteiger partial charge on any atom is -0.239 e. The van der Waals surface area contributed by atoms with Crippen molar-refractivity contribution < 1.29 is 13.7 Å². The van der Waals surface area contributed by atoms with Gasteiger partial charge in [0.25, 0.3) is 0 Å². The van der Waals surface area contributed by atoms with Crippen LogP contribution in [-0.4, -0.2) is 4.57 Å². The molecule has 0 saturated carbocycles. The zero-order valence-electron chi connectivity index (χ0n) is 9.85. The van der Waals surface area contributed by atoms with Gasteiger partial charge in [-0.15, -0.1) is 0 Å². The number of nitrogens with zero attached hydrogens (tertiary/aromatic N) is 2. The van der Waals surface area contributed by atoms with E-state index in [0.29, 0.717) is 5.30 Å². The molecule has 5 heteroatoms. The van der Waals surface area contributed by atoms with E-state index in [1.165, 1.54) is 0 Å². The van der Waals surface area contributed by atoms with E-state index in [1.807, 2.05) is 60.0 Å². The van der Waals surface area contributed by atoms with E-state index in [0.717, 1.165) is 0 Å². The molecule has 0 aliphatic heterocycles. The molecule has 0 spiro atoms. The lowest BCUT2D eigenvalue weighted by atomic mass is 10.4. The van der Waals surface area contributed by atoms with Gasteiger partial charge < -0.3 is 0 Å². The Hall–Kier alpha value is -1.51. The molecule has 0 aliphatic carbocycles. The lowest BCUT2D eigenvalue weighted by Crippen LogP contribution is -2.24. The maximum absolute atomic E-state index is 11.9. The quantitative estimate of drug-likeness (QED) is 0.613. The molecule has 0 saturated heterocycles. The Morgan fingerprint density at radius 2 is 2.06 bits per heavy atom. The van der Waals surface area contributed by atoms with Crippen LogP contribution in [0.5, 0.6) is 0 Å². The third-order valence-electron chi connectivity index (χ3n) is 2.42. The summed E-state index contributed by atoms with van der Waals surface area (Å²) in [6.07, 6.45) is 5.44. The molecule has 4 nitrogen and oxygen atoms in total. The third kappa shape index (κ3) is 2.99. The minimum atomic E-state index is -1.81. The molecule has 0 aliphatic rings. The van der Waals surface area contributed by atoms with E-state index >= 15 is 0 Å². The second-order valence-corrected chi connectivity index (χ2v) is 5.07. The summed E-state index contributed by atoms with van der Waals surface area (Å²) in [7, 11) is 0.121. The SMILES string of the molecule is CC(O[P+](=O)c1ccccc1)n1cc[n+](C)c1. The summed E-state index contributed by atoms with van der Waals surface area (Å²) >= 11 is 0. The van der Waals surface area contributed by atoms with Crippen molar-refractivity contribution in [1.29, 1.82) is 0 Å². The number of hydrogen-bond acceptors (Lipinski definition) is 2. The van der Waals surface area contributed by atoms with Crippen molar-refractivity contribution in [2.45, 2.75) is 13.2 Å². The first-order valence-electron chi connectivity index (χ1n) is 5.38. The monoisotopic (exact) mass is 250 g/mol. The third-order valence-corrected chi connectivity index (χ3v) is 3.64. The van der Waals surface area contributed by atoms with Crippen molar-refractivity contribution in [3.63, 3.8) is 0 Å². The topological polar surface area (TPSA) is 35.1 Å². The molecule has 0 amide bonds. The van der Waals surface area contributed by atoms with Crippen LogP contribution in [0.4, 0.5) is 0 Å². The van der Waals surface area contributed by atoms with Gasteiger partial charge >= 0.3 is 8.03 Å². The summed E-state index contributed by atoms with van der Waals surface area (Å²) in [5.41, 5.74) is 0. The predicted octanol–water partition coefficient (Wildman–Crippen LogP) is 1.92. The molecular formula is C12H15N2O2P+2. The summed E-state index contributed by atoms with van der Waals surface area (Å²) < 4.78 is 21.2. The standard InChI is InChI=1S/C12H15N2O2P/c1-11(14-9-8-13(2)10-14)16-17(15)12-6-4-3-5-7-12/h3-11H,1-2H3/q+2. The van der Waals surface area contributed by atoms with Gasteiger partial charge in [0, 0.05) is 6.92 Å². The Balaban J connectivity index is 2.04. The van der Waals surface area contributed by atoms with Crippen molar-refractivity contribution in [2.24, 2.45) is 7.05 Å². The Bertz CT molecular complexity index is 510. The van der Waals surface area contributed by atoms with Crippen LogP contribution in [-0.2, 0) is 16.1 Å². The number of aryl methyl sites for hydroxylation is 1. The number of rotatable bonds is 4. The number of hydrogen-bond donors (Lipinski definition) is 0. The lowest BCUT2D eigenvalue weighted by Gasteiger charge is -1.99. The second kappa shape index (κ2) is 5.21. The Morgan fingerprint density at radius 1 is 1.35 bits per heavy atom. The van der Waals surface area contributed by atoms with Crippen molar-refractivity contribution in [2.75, 3.05) is 0 Å². The molecule has 0 fully saturated rings. The highest BCUT2D eigenvalue weighted by Crippen LogP contribution is 2.27. The molecule has 2 rings (SSSR count). The smallest absolute Gasteiger partial charge is 0.239 e. The van der Waals surface area contributed by atoms with Crippen molar-refractivity contribution in [1.82, 2.24) is 4.57 Å². The Morgan fingerprint density at radius 3 is 2.65 bits per heavy atom. The van der Waals surface area contributed by atoms with Crippen LogP contribution in [0, 0.1) is 0 Å². The van der Waals surface area contributed by atoms with Gasteiger partial charge in [-0.25, -0.2) is 9.13 Å². The maximum Gasteiger partial charge on any atom is 0.553 e. The van der Waals surface area contributed by atoms with Crippen LogP contribution in [0.3, 0.4) is 0 Å². The largest absolute Gasteiger partial charge is 0.553 e. The van der Waals surface area contributed by atoms with E-state index in [1.54, 1.807) is 12.1 Å². The van der Waals surface area contributed by atoms with Gasteiger partial charge in [0.15, 0.2) is 0 Å². The summed E-state index contributed by atoms with van der Waals surface area (Å²) in [5.74, 6) is 0. The molecule has 2 unspecified atom stereocenters. The van der Waals surface area contributed by atoms with Crippen LogP contribution >= 0.6 is 8.03 Å². The first-order chi connectivity index (χ1) is 8.16. The van der Waals surface area contributed by atoms with Gasteiger partial charge in [-0.1, -0.05) is 22.7 Å². The van der Waals surface area contributed by atoms with Crippen LogP contribution in [0.2, 0.25) is 0 Å². The highest BCUT2D eigenvalue weighted by molar-refractivity contribution is 7.48. The molecule has 0 N–H and O–H groups in total. The fourth-order valence-electron chi connectivity index (χ4n) is 1.49. The minimum absolute atomic E-state index is 0.250. The van der Waals surface area contributed by atoms with Gasteiger partial charge in [0.1, 0.15) is 12.4 Å². The average Bonchev–Trinajstić information content (AvgIpc) is 2.77. The molecule has 1 heterocycles. The van der Waals surface area contributed by atoms with E-state index in [-0.39, 0.29) is 6.23 Å². The van der Waals surface area contributed by atoms with Crippen molar-refractivity contribution in [3.8, 4) is 0 Å². The molecule has 1 aromatic heterocycles. The fraction of sp³-hybridized carbons (Fsp3) is 0.250. The molecule has 17 heavy (non-hydrogen) atoms. The maximum atomic E-state index is 11.9. The summed E-state index contributed by atoms with van der Waals surface area (Å²) in [6, 6.07) is 9.21. The average molecular weight is 250 g/mol. The first-order valence-corrected chi connectivity index (χ1v) is 6.56. The van der Waals surface area contributed by atoms with Crippen LogP contribution in [0.25, 0.3) is 0 Å². The first kappa shape index (κ1) is 12.0. The van der Waals surface area contributed by atoms with Crippen molar-refractivity contribution >= 4 is 13.3 Å². The van der Waals surface area contributed by atoms with E-state index in [9.17, 15) is 4.57 Å². The lowest BCUT2D eigenvalue weighted by molar-refractivity contribution is -0.671. The van der Waals surface area contributed by atoms with Gasteiger partial charge in [-0.2, -0.15) is 0 Å². The molecule has 2 atom stereocenters. The summed E-state index contributed by atoms with van der Waals surface area (Å²) in [5, 5.41) is 0.714. The highest BCUT2D eigenvalue weighted by atomic mass is 31.1. The molecule has 1 aromatic carbocycles. The number of aromatic nitrogens is 2. The Kier molecular flexibility index (Phi) is 3.67. The molecule has 2 aromatic rings. The highest BCUT2D eigenvalue weighted by Gasteiger charge is 2.28. The summed E-state index contributed by atoms with van der Waals surface area (Å²) in [4.78, 5) is 0. The van der Waals surface area contributed by atoms with Gasteiger partial charge in [-0.3, -0.25) is 0 Å². The van der Waals surface area contributed by atoms with Crippen LogP contribution in [0.15, 0.2) is 49.1 Å². The van der Waals surface area contributed by atoms with Gasteiger partial charge in [0.2, 0.25) is 17.9 Å². The molecule has 88 valence electrons. The molecule has 0 radical (unpaired) electrons. The van der Waals surface area contributed by atoms with Crippen molar-refractivity contribution in [3.05, 3.63) is 49.1 Å². The number of benzene rings is 1. The van der Waals surface area contributed by atoms with Crippen LogP contribution < -0.4 is 9.87 Å². The Labute approximate surface area is 101 Å². The molecular weight excluding hydrogens is 235 g/mol. The van der Waals surface area contributed by atoms with Gasteiger partial charge in [-0.05, 0) is 16.7 Å². The predicted molar refractivity (Wildman–Crippen MR) is 65.1 cm³/mol. The van der Waals surface area contributed by atoms with E-state index in [2.05, 4.69) is 0 Å². The summed E-state index contributed by atoms with van der Waals surface area (Å²) in [6.45, 7) is 1.87. The molecule has 0 bridgehead atoms. The van der Waals surface area contributed by atoms with E-state index < -0.39 is 8.03 Å². The normalized spacial score (nSPS) is 13.4. The zero-order valence-corrected chi connectivity index (χ0v) is 10.7.